The van der Waals surface area contributed by atoms with Crippen LogP contribution < -0.4 is 32.3 Å². The zero-order valence-corrected chi connectivity index (χ0v) is 85.4. The van der Waals surface area contributed by atoms with E-state index in [-0.39, 0.29) is 152 Å². The molecule has 1 unspecified atom stereocenters. The van der Waals surface area contributed by atoms with Crippen LogP contribution in [0.25, 0.3) is 0 Å². The molecule has 12 aliphatic heterocycles. The molecule has 65 nitrogen and oxygen atoms in total. The largest absolute Gasteiger partial charge is 0.418 e. The van der Waals surface area contributed by atoms with Crippen molar-refractivity contribution in [3.05, 3.63) is 0 Å². The molecule has 22 amide bonds. The summed E-state index contributed by atoms with van der Waals surface area (Å²) in [5.74, 6) is -4.81. The molecule has 12 aliphatic rings. The van der Waals surface area contributed by atoms with Crippen LogP contribution in [0, 0.1) is 11.3 Å². The highest BCUT2D eigenvalue weighted by Gasteiger charge is 2.57. The third-order valence-corrected chi connectivity index (χ3v) is 26.0. The fourth-order valence-corrected chi connectivity index (χ4v) is 19.0. The fourth-order valence-electron chi connectivity index (χ4n) is 16.7. The highest BCUT2D eigenvalue weighted by molar-refractivity contribution is 7.82. The second kappa shape index (κ2) is 49.4. The highest BCUT2D eigenvalue weighted by Crippen LogP contribution is 2.38. The summed E-state index contributed by atoms with van der Waals surface area (Å²) in [6, 6.07) is -13.3. The number of fused-ring (bicyclic) bond motifs is 12. The summed E-state index contributed by atoms with van der Waals surface area (Å²) in [5, 5.41) is 12.9. The standard InChI is InChI=1S/C13H22N4O7S.C13H21N3O7S.3C12H20N4O7S.C11H18N4O7S/c1-4-8(2)12(19)15(3)14-11(18)10-6-5-9-7-16(10)13(20)17(9)24-25(21,22)23;1-13(2,3)10(17)6-14-11(18)9-5-4-8-7-15(9)12(19)16(8)23-24(20,21)22;1-14(2)7-9(17)5-13-11(18)10-4-3-8-6-15(10)12(19)16(8)23-24(20,21)22;1-3-4-10(17)14(2)13-11(18)9-6-5-8-7-15(9)12(19)16(8)23-24(20,21)22;1-3-10(17)15(4-2)13-11(18)9-6-5-8-7-14(9)12(19)16(8)23-24(20,21)22;1-3-14(7(2)16)12-10(17)9-5-4-8-6-13(9)11(18)15(8)22-23(19,20)21/h8-10H,4-7H2,1-3H3,(H,14,18)(H,21,22,23);8-9H,4-7H2,1-3H3,(H,14,18)(H,20,21,22);8,10H,3-7H2,1-2H3,(H,13,18)(H,20,21,22);2*8-9H,3-7H2,1-2H3,(H,13,18)(H,20,21,22);8-9H,3-6H2,1-2H3,(H,12,17)(H,19,20,21)/t8?,9-,10+;8-,9+;8-,10+;3*8-,9+/m111111/s1. The van der Waals surface area contributed by atoms with E-state index in [1.165, 1.54) is 40.7 Å². The first kappa shape index (κ1) is 120. The van der Waals surface area contributed by atoms with Gasteiger partial charge in [0, 0.05) is 97.6 Å². The molecule has 12 fully saturated rings. The fraction of sp³-hybridized carbons (Fsp3) is 0.753. The van der Waals surface area contributed by atoms with Gasteiger partial charge in [-0.25, -0.2) is 28.8 Å². The van der Waals surface area contributed by atoms with E-state index >= 15 is 0 Å². The van der Waals surface area contributed by atoms with Crippen LogP contribution in [0.15, 0.2) is 0 Å². The maximum atomic E-state index is 12.4. The highest BCUT2D eigenvalue weighted by atomic mass is 32.3. The molecule has 0 aromatic heterocycles. The predicted molar refractivity (Wildman–Crippen MR) is 478 cm³/mol. The number of amides is 22. The van der Waals surface area contributed by atoms with Gasteiger partial charge in [-0.2, -0.15) is 80.9 Å². The molecule has 71 heteroatoms. The zero-order valence-electron chi connectivity index (χ0n) is 80.5. The molecule has 13 atom stereocenters. The van der Waals surface area contributed by atoms with Crippen molar-refractivity contribution in [2.24, 2.45) is 11.3 Å². The molecule has 816 valence electrons. The van der Waals surface area contributed by atoms with Crippen molar-refractivity contribution in [3.8, 4) is 0 Å². The minimum absolute atomic E-state index is 0.0927. The molecular weight excluding hydrogens is 2060 g/mol. The van der Waals surface area contributed by atoms with Crippen LogP contribution >= 0.6 is 0 Å². The van der Waals surface area contributed by atoms with E-state index in [2.05, 4.69) is 58.0 Å². The number of carbonyl (C=O) groups excluding carboxylic acids is 18. The van der Waals surface area contributed by atoms with Gasteiger partial charge in [0.2, 0.25) is 35.4 Å². The van der Waals surface area contributed by atoms with Crippen molar-refractivity contribution in [1.82, 2.24) is 117 Å². The number of hydrogen-bond acceptors (Lipinski definition) is 37. The lowest BCUT2D eigenvalue weighted by atomic mass is 9.91. The van der Waals surface area contributed by atoms with E-state index in [1.54, 1.807) is 67.5 Å². The van der Waals surface area contributed by atoms with Crippen LogP contribution in [0.2, 0.25) is 0 Å². The van der Waals surface area contributed by atoms with Gasteiger partial charge >= 0.3 is 98.6 Å². The third-order valence-electron chi connectivity index (χ3n) is 23.9. The van der Waals surface area contributed by atoms with Crippen LogP contribution in [-0.4, -0.2) is 442 Å². The summed E-state index contributed by atoms with van der Waals surface area (Å²) in [7, 11) is -22.7. The number of ketones is 2. The van der Waals surface area contributed by atoms with Crippen molar-refractivity contribution in [3.63, 3.8) is 0 Å². The molecule has 0 radical (unpaired) electrons. The Morgan fingerprint density at radius 3 is 0.847 bits per heavy atom. The molecule has 0 aliphatic carbocycles. The summed E-state index contributed by atoms with van der Waals surface area (Å²) in [6.07, 6.45) is 5.44. The van der Waals surface area contributed by atoms with E-state index in [0.717, 1.165) is 29.7 Å². The third kappa shape index (κ3) is 32.7. The Morgan fingerprint density at radius 2 is 0.618 bits per heavy atom. The van der Waals surface area contributed by atoms with Crippen molar-refractivity contribution in [2.75, 3.05) is 100 Å². The minimum Gasteiger partial charge on any atom is -0.347 e. The van der Waals surface area contributed by atoms with Gasteiger partial charge in [0.1, 0.15) is 36.3 Å². The van der Waals surface area contributed by atoms with Crippen LogP contribution in [0.1, 0.15) is 172 Å². The second-order valence-corrected chi connectivity index (χ2v) is 41.5. The zero-order chi connectivity index (χ0) is 109. The Balaban J connectivity index is 0.000000234. The molecule has 0 aromatic rings. The van der Waals surface area contributed by atoms with Crippen LogP contribution in [-0.2, 0) is 146 Å². The molecular formula is C73H121N23O42S6. The number of hydrogen-bond donors (Lipinski definition) is 12. The monoisotopic (exact) mass is 2180 g/mol. The number of nitrogens with zero attached hydrogens (tertiary/aromatic N) is 17. The van der Waals surface area contributed by atoms with Gasteiger partial charge in [-0.3, -0.25) is 127 Å². The molecule has 0 spiro atoms. The van der Waals surface area contributed by atoms with Crippen molar-refractivity contribution >= 4 is 169 Å². The van der Waals surface area contributed by atoms with Crippen LogP contribution in [0.3, 0.4) is 0 Å². The number of carbonyl (C=O) groups is 18. The average molecular weight is 2190 g/mol. The Kier molecular flexibility index (Phi) is 41.1. The summed E-state index contributed by atoms with van der Waals surface area (Å²) in [5.41, 5.74) is 9.19. The molecule has 12 saturated heterocycles. The number of Topliss-reactive ketones (excluding diaryl/α,β-unsaturated/α-hetero) is 2. The first-order valence-corrected chi connectivity index (χ1v) is 52.9. The Labute approximate surface area is 827 Å². The smallest absolute Gasteiger partial charge is 0.347 e. The SMILES string of the molecule is CC(C)(C)C(=O)CNC(=O)[C@@H]1CC[C@@H]2CN1C(=O)N2OS(=O)(=O)O.CCC(=O)N(CC)NC(=O)[C@@H]1CC[C@@H]2CN1C(=O)N2OS(=O)(=O)O.CCC(C)C(=O)N(C)NC(=O)[C@@H]1CC[C@@H]2CN1C(=O)N2OS(=O)(=O)O.CCCC(=O)N(C)NC(=O)[C@@H]1CC[C@@H]2CN1C(=O)N2OS(=O)(=O)O.CCN(NC(=O)[C@@H]1CC[C@@H]2CN1C(=O)N2OS(=O)(=O)O)C(C)=O.CN(C)CC(=O)CNC(=O)[C@@H]1CC[C@@H]2CN1C(=O)N2OS(=O)(=O)O. The molecule has 12 N–H and O–H groups in total. The van der Waals surface area contributed by atoms with E-state index < -0.39 is 212 Å². The lowest BCUT2D eigenvalue weighted by Gasteiger charge is -2.31. The van der Waals surface area contributed by atoms with E-state index in [0.29, 0.717) is 94.6 Å². The number of rotatable bonds is 31. The van der Waals surface area contributed by atoms with Crippen molar-refractivity contribution in [2.45, 2.75) is 244 Å². The number of piperidine rings is 6. The second-order valence-electron chi connectivity index (χ2n) is 35.5. The van der Waals surface area contributed by atoms with E-state index in [9.17, 15) is 137 Å². The molecule has 0 aromatic carbocycles. The maximum Gasteiger partial charge on any atom is 0.418 e. The Hall–Kier alpha value is -11.2. The number of hydroxylamine groups is 12. The lowest BCUT2D eigenvalue weighted by Crippen LogP contribution is -2.55. The van der Waals surface area contributed by atoms with Gasteiger partial charge in [0.05, 0.1) is 55.9 Å². The Morgan fingerprint density at radius 1 is 0.368 bits per heavy atom. The molecule has 12 heterocycles. The molecule has 144 heavy (non-hydrogen) atoms. The van der Waals surface area contributed by atoms with E-state index in [4.69, 9.17) is 27.3 Å². The number of nitrogens with one attached hydrogen (secondary N) is 6. The number of likely N-dealkylation sites (N-methyl/N-ethyl adjacent to an activating group) is 1. The summed E-state index contributed by atoms with van der Waals surface area (Å²) < 4.78 is 208. The summed E-state index contributed by atoms with van der Waals surface area (Å²) in [6.45, 7) is 18.0. The number of hydrazine groups is 4. The van der Waals surface area contributed by atoms with Gasteiger partial charge in [0.25, 0.3) is 23.6 Å². The minimum atomic E-state index is -4.83. The van der Waals surface area contributed by atoms with Crippen LogP contribution in [0.5, 0.6) is 0 Å². The first-order valence-electron chi connectivity index (χ1n) is 44.7. The van der Waals surface area contributed by atoms with Gasteiger partial charge in [-0.05, 0) is 118 Å². The van der Waals surface area contributed by atoms with Crippen LogP contribution in [0.4, 0.5) is 28.8 Å². The molecule has 12 rings (SSSR count). The molecule has 0 saturated carbocycles. The number of urea groups is 6. The quantitative estimate of drug-likeness (QED) is 0.0228. The van der Waals surface area contributed by atoms with Crippen molar-refractivity contribution in [1.29, 1.82) is 0 Å². The topological polar surface area (TPSA) is 816 Å². The van der Waals surface area contributed by atoms with E-state index in [1.807, 2.05) is 13.8 Å². The van der Waals surface area contributed by atoms with Gasteiger partial charge in [-0.15, -0.1) is 25.7 Å². The van der Waals surface area contributed by atoms with Gasteiger partial charge in [0.15, 0.2) is 11.6 Å². The Bertz CT molecular complexity index is 5570. The molecule has 12 bridgehead atoms. The predicted octanol–water partition coefficient (Wildman–Crippen LogP) is -5.07. The average Bonchev–Trinajstić information content (AvgIpc) is 1.65. The summed E-state index contributed by atoms with van der Waals surface area (Å²) >= 11 is 0. The lowest BCUT2D eigenvalue weighted by molar-refractivity contribution is -0.144. The first-order chi connectivity index (χ1) is 66.5. The van der Waals surface area contributed by atoms with Gasteiger partial charge in [-0.1, -0.05) is 48.5 Å². The van der Waals surface area contributed by atoms with Crippen molar-refractivity contribution < 1.29 is 190 Å². The summed E-state index contributed by atoms with van der Waals surface area (Å²) in [4.78, 5) is 226. The van der Waals surface area contributed by atoms with Gasteiger partial charge < -0.3 is 44.9 Å². The maximum absolute atomic E-state index is 12.4. The normalized spacial score (nSPS) is 23.8.